The predicted molar refractivity (Wildman–Crippen MR) is 131 cm³/mol. The molecular weight excluding hydrogens is 378 g/mol. The summed E-state index contributed by atoms with van der Waals surface area (Å²) < 4.78 is 0. The molecule has 152 valence electrons. The van der Waals surface area contributed by atoms with Crippen molar-refractivity contribution in [3.05, 3.63) is 109 Å². The standard InChI is InChI=1S/C28H31NSi/c1-23(27(20-21-29)24-14-8-5-9-15-24)22-30(28(2,3)4,25-16-10-6-11-17-25)26-18-12-7-13-19-26/h5-19,27H,1,20,22H2,2-4H3. The summed E-state index contributed by atoms with van der Waals surface area (Å²) in [6.07, 6.45) is 0.459. The van der Waals surface area contributed by atoms with Crippen LogP contribution in [0, 0.1) is 11.3 Å². The molecule has 0 fully saturated rings. The van der Waals surface area contributed by atoms with Crippen LogP contribution in [0.5, 0.6) is 0 Å². The molecule has 0 aliphatic rings. The average molecular weight is 410 g/mol. The number of allylic oxidation sites excluding steroid dienone is 1. The van der Waals surface area contributed by atoms with Crippen molar-refractivity contribution in [2.45, 2.75) is 44.2 Å². The highest BCUT2D eigenvalue weighted by Crippen LogP contribution is 2.43. The first-order chi connectivity index (χ1) is 14.4. The first kappa shape index (κ1) is 21.8. The van der Waals surface area contributed by atoms with Crippen LogP contribution in [-0.2, 0) is 0 Å². The molecule has 0 aliphatic heterocycles. The zero-order chi connectivity index (χ0) is 21.6. The fraction of sp³-hybridized carbons (Fsp3) is 0.250. The van der Waals surface area contributed by atoms with Crippen molar-refractivity contribution in [3.8, 4) is 6.07 Å². The van der Waals surface area contributed by atoms with Crippen LogP contribution in [0.3, 0.4) is 0 Å². The molecule has 3 rings (SSSR count). The van der Waals surface area contributed by atoms with Gasteiger partial charge in [-0.05, 0) is 16.6 Å². The molecule has 2 heteroatoms. The Kier molecular flexibility index (Phi) is 6.75. The van der Waals surface area contributed by atoms with Crippen LogP contribution < -0.4 is 10.4 Å². The number of rotatable bonds is 7. The highest BCUT2D eigenvalue weighted by Gasteiger charge is 2.48. The lowest BCUT2D eigenvalue weighted by atomic mass is 9.90. The fourth-order valence-electron chi connectivity index (χ4n) is 4.69. The second-order valence-corrected chi connectivity index (χ2v) is 13.9. The van der Waals surface area contributed by atoms with Gasteiger partial charge in [0.05, 0.1) is 6.07 Å². The molecule has 30 heavy (non-hydrogen) atoms. The molecule has 1 atom stereocenters. The maximum atomic E-state index is 9.56. The largest absolute Gasteiger partial charge is 0.198 e. The molecule has 3 aromatic rings. The molecule has 0 saturated carbocycles. The second kappa shape index (κ2) is 9.28. The number of nitrogens with zero attached hydrogens (tertiary/aromatic N) is 1. The lowest BCUT2D eigenvalue weighted by molar-refractivity contribution is 0.721. The van der Waals surface area contributed by atoms with Crippen LogP contribution in [0.2, 0.25) is 11.1 Å². The van der Waals surface area contributed by atoms with Crippen molar-refractivity contribution in [1.29, 1.82) is 5.26 Å². The van der Waals surface area contributed by atoms with Gasteiger partial charge in [0.25, 0.3) is 0 Å². The van der Waals surface area contributed by atoms with Gasteiger partial charge < -0.3 is 0 Å². The molecule has 0 N–H and O–H groups in total. The van der Waals surface area contributed by atoms with E-state index in [1.807, 2.05) is 6.07 Å². The Bertz CT molecular complexity index is 956. The number of hydrogen-bond acceptors (Lipinski definition) is 1. The maximum absolute atomic E-state index is 9.56. The minimum Gasteiger partial charge on any atom is -0.198 e. The summed E-state index contributed by atoms with van der Waals surface area (Å²) in [4.78, 5) is 0. The molecule has 0 bridgehead atoms. The quantitative estimate of drug-likeness (QED) is 0.332. The lowest BCUT2D eigenvalue weighted by Crippen LogP contribution is -2.64. The maximum Gasteiger partial charge on any atom is 0.127 e. The third-order valence-corrected chi connectivity index (χ3v) is 12.5. The van der Waals surface area contributed by atoms with Crippen LogP contribution in [0.15, 0.2) is 103 Å². The summed E-state index contributed by atoms with van der Waals surface area (Å²) in [7, 11) is -2.25. The van der Waals surface area contributed by atoms with E-state index in [4.69, 9.17) is 0 Å². The molecule has 0 heterocycles. The van der Waals surface area contributed by atoms with Gasteiger partial charge in [-0.3, -0.25) is 0 Å². The van der Waals surface area contributed by atoms with Crippen LogP contribution >= 0.6 is 0 Å². The Morgan fingerprint density at radius 2 is 1.27 bits per heavy atom. The van der Waals surface area contributed by atoms with Gasteiger partial charge in [-0.15, -0.1) is 0 Å². The highest BCUT2D eigenvalue weighted by molar-refractivity contribution is 7.04. The minimum absolute atomic E-state index is 0.0536. The normalized spacial score (nSPS) is 12.7. The zero-order valence-corrected chi connectivity index (χ0v) is 19.3. The summed E-state index contributed by atoms with van der Waals surface area (Å²) >= 11 is 0. The molecule has 0 spiro atoms. The van der Waals surface area contributed by atoms with Crippen LogP contribution in [0.25, 0.3) is 0 Å². The van der Waals surface area contributed by atoms with Gasteiger partial charge in [-0.2, -0.15) is 5.26 Å². The Labute approximate surface area is 182 Å². The Morgan fingerprint density at radius 1 is 0.833 bits per heavy atom. The number of nitriles is 1. The predicted octanol–water partition coefficient (Wildman–Crippen LogP) is 6.30. The SMILES string of the molecule is C=C(C[Si](c1ccccc1)(c1ccccc1)C(C)(C)C)C(CC#N)c1ccccc1. The van der Waals surface area contributed by atoms with Gasteiger partial charge in [-0.25, -0.2) is 0 Å². The van der Waals surface area contributed by atoms with E-state index in [1.54, 1.807) is 0 Å². The third-order valence-electron chi connectivity index (χ3n) is 6.30. The summed E-state index contributed by atoms with van der Waals surface area (Å²) in [6, 6.07) is 35.7. The smallest absolute Gasteiger partial charge is 0.127 e. The van der Waals surface area contributed by atoms with E-state index < -0.39 is 8.07 Å². The Morgan fingerprint density at radius 3 is 1.67 bits per heavy atom. The van der Waals surface area contributed by atoms with Gasteiger partial charge >= 0.3 is 0 Å². The summed E-state index contributed by atoms with van der Waals surface area (Å²) in [5.41, 5.74) is 2.35. The molecule has 0 saturated heterocycles. The molecule has 0 amide bonds. The summed E-state index contributed by atoms with van der Waals surface area (Å²) in [5.74, 6) is 0.0536. The topological polar surface area (TPSA) is 23.8 Å². The van der Waals surface area contributed by atoms with Crippen LogP contribution in [-0.4, -0.2) is 8.07 Å². The van der Waals surface area contributed by atoms with E-state index in [0.29, 0.717) is 6.42 Å². The monoisotopic (exact) mass is 409 g/mol. The molecule has 0 aliphatic carbocycles. The number of benzene rings is 3. The van der Waals surface area contributed by atoms with Crippen molar-refractivity contribution in [1.82, 2.24) is 0 Å². The Hall–Kier alpha value is -2.89. The van der Waals surface area contributed by atoms with Crippen molar-refractivity contribution in [3.63, 3.8) is 0 Å². The van der Waals surface area contributed by atoms with E-state index in [1.165, 1.54) is 15.9 Å². The highest BCUT2D eigenvalue weighted by atomic mass is 28.3. The van der Waals surface area contributed by atoms with E-state index >= 15 is 0 Å². The van der Waals surface area contributed by atoms with E-state index in [9.17, 15) is 5.26 Å². The number of hydrogen-bond donors (Lipinski definition) is 0. The van der Waals surface area contributed by atoms with Gasteiger partial charge in [0.2, 0.25) is 0 Å². The Balaban J connectivity index is 2.16. The summed E-state index contributed by atoms with van der Waals surface area (Å²) in [6.45, 7) is 11.7. The average Bonchev–Trinajstić information content (AvgIpc) is 2.76. The first-order valence-electron chi connectivity index (χ1n) is 10.6. The molecule has 0 radical (unpaired) electrons. The minimum atomic E-state index is -2.25. The molecule has 1 nitrogen and oxygen atoms in total. The van der Waals surface area contributed by atoms with E-state index in [-0.39, 0.29) is 11.0 Å². The molecule has 1 unspecified atom stereocenters. The van der Waals surface area contributed by atoms with Gasteiger partial charge in [0.15, 0.2) is 0 Å². The van der Waals surface area contributed by atoms with E-state index in [2.05, 4.69) is 118 Å². The van der Waals surface area contributed by atoms with Crippen molar-refractivity contribution in [2.24, 2.45) is 0 Å². The van der Waals surface area contributed by atoms with Crippen LogP contribution in [0.1, 0.15) is 38.7 Å². The molecular formula is C28H31NSi. The first-order valence-corrected chi connectivity index (χ1v) is 12.8. The van der Waals surface area contributed by atoms with Gasteiger partial charge in [-0.1, -0.05) is 134 Å². The molecule has 3 aromatic carbocycles. The third kappa shape index (κ3) is 4.32. The summed E-state index contributed by atoms with van der Waals surface area (Å²) in [5, 5.41) is 12.5. The van der Waals surface area contributed by atoms with Crippen molar-refractivity contribution in [2.75, 3.05) is 0 Å². The fourth-order valence-corrected chi connectivity index (χ4v) is 10.1. The second-order valence-electron chi connectivity index (χ2n) is 9.05. The van der Waals surface area contributed by atoms with E-state index in [0.717, 1.165) is 11.6 Å². The van der Waals surface area contributed by atoms with Gasteiger partial charge in [0.1, 0.15) is 8.07 Å². The van der Waals surface area contributed by atoms with Crippen LogP contribution in [0.4, 0.5) is 0 Å². The molecule has 0 aromatic heterocycles. The van der Waals surface area contributed by atoms with Gasteiger partial charge in [0, 0.05) is 12.3 Å². The lowest BCUT2D eigenvalue weighted by Gasteiger charge is -2.45. The van der Waals surface area contributed by atoms with Crippen molar-refractivity contribution < 1.29 is 0 Å². The zero-order valence-electron chi connectivity index (χ0n) is 18.3. The van der Waals surface area contributed by atoms with Crippen molar-refractivity contribution >= 4 is 18.4 Å².